The molecule has 0 aliphatic carbocycles. The molecule has 1 atom stereocenters. The van der Waals surface area contributed by atoms with E-state index in [2.05, 4.69) is 25.4 Å². The van der Waals surface area contributed by atoms with Crippen LogP contribution < -0.4 is 10.9 Å². The lowest BCUT2D eigenvalue weighted by molar-refractivity contribution is 0.0934. The molecule has 26 heavy (non-hydrogen) atoms. The largest absolute Gasteiger partial charge is 0.347 e. The number of rotatable bonds is 5. The Labute approximate surface area is 150 Å². The van der Waals surface area contributed by atoms with Gasteiger partial charge >= 0.3 is 0 Å². The molecule has 3 rings (SSSR count). The van der Waals surface area contributed by atoms with Crippen molar-refractivity contribution in [2.45, 2.75) is 33.4 Å². The van der Waals surface area contributed by atoms with Gasteiger partial charge in [-0.15, -0.1) is 0 Å². The number of hydrogen-bond donors (Lipinski definition) is 2. The summed E-state index contributed by atoms with van der Waals surface area (Å²) >= 11 is 0. The Bertz CT molecular complexity index is 977. The molecule has 0 unspecified atom stereocenters. The van der Waals surface area contributed by atoms with Crippen LogP contribution in [0.25, 0.3) is 11.4 Å². The summed E-state index contributed by atoms with van der Waals surface area (Å²) < 4.78 is 1.83. The number of H-pyrrole nitrogens is 1. The Balaban J connectivity index is 1.71. The van der Waals surface area contributed by atoms with Crippen LogP contribution in [0.5, 0.6) is 0 Å². The van der Waals surface area contributed by atoms with Crippen LogP contribution in [0.1, 0.15) is 28.7 Å². The summed E-state index contributed by atoms with van der Waals surface area (Å²) in [6.45, 7) is 6.26. The van der Waals surface area contributed by atoms with Gasteiger partial charge in [0.15, 0.2) is 0 Å². The molecule has 0 radical (unpaired) electrons. The highest BCUT2D eigenvalue weighted by Gasteiger charge is 2.16. The maximum Gasteiger partial charge on any atom is 0.264 e. The standard InChI is InChI=1S/C18H20N6O2/c1-11-7-13(3)24(23-11)10-12(2)21-17(25)15-9-20-16(22-18(15)26)14-5-4-6-19-8-14/h4-9,12H,10H2,1-3H3,(H,21,25)(H,20,22,26)/t12-/m0/s1. The smallest absolute Gasteiger partial charge is 0.264 e. The normalized spacial score (nSPS) is 12.0. The minimum Gasteiger partial charge on any atom is -0.347 e. The monoisotopic (exact) mass is 352 g/mol. The number of nitrogens with one attached hydrogen (secondary N) is 2. The Morgan fingerprint density at radius 1 is 1.35 bits per heavy atom. The zero-order valence-corrected chi connectivity index (χ0v) is 14.9. The molecule has 0 saturated carbocycles. The van der Waals surface area contributed by atoms with Gasteiger partial charge in [0.05, 0.1) is 12.2 Å². The molecule has 0 aliphatic heterocycles. The summed E-state index contributed by atoms with van der Waals surface area (Å²) in [7, 11) is 0. The quantitative estimate of drug-likeness (QED) is 0.723. The molecule has 0 fully saturated rings. The maximum atomic E-state index is 12.4. The molecule has 0 spiro atoms. The van der Waals surface area contributed by atoms with Gasteiger partial charge in [0, 0.05) is 35.9 Å². The first kappa shape index (κ1) is 17.5. The molecule has 1 amide bonds. The van der Waals surface area contributed by atoms with E-state index in [1.54, 1.807) is 24.5 Å². The van der Waals surface area contributed by atoms with Gasteiger partial charge in [-0.2, -0.15) is 5.10 Å². The Morgan fingerprint density at radius 3 is 2.77 bits per heavy atom. The van der Waals surface area contributed by atoms with Crippen molar-refractivity contribution in [3.63, 3.8) is 0 Å². The van der Waals surface area contributed by atoms with Crippen LogP contribution in [0.3, 0.4) is 0 Å². The highest BCUT2D eigenvalue weighted by molar-refractivity contribution is 5.93. The van der Waals surface area contributed by atoms with Gasteiger partial charge < -0.3 is 10.3 Å². The molecule has 0 aromatic carbocycles. The molecule has 0 bridgehead atoms. The summed E-state index contributed by atoms with van der Waals surface area (Å²) in [6, 6.07) is 5.30. The Kier molecular flexibility index (Phi) is 4.92. The molecule has 0 aliphatic rings. The molecule has 8 nitrogen and oxygen atoms in total. The number of carbonyl (C=O) groups excluding carboxylic acids is 1. The summed E-state index contributed by atoms with van der Waals surface area (Å²) in [4.78, 5) is 35.4. The van der Waals surface area contributed by atoms with Crippen molar-refractivity contribution < 1.29 is 4.79 Å². The molecule has 8 heteroatoms. The molecular formula is C18H20N6O2. The van der Waals surface area contributed by atoms with Crippen LogP contribution in [0.2, 0.25) is 0 Å². The van der Waals surface area contributed by atoms with E-state index in [1.807, 2.05) is 31.5 Å². The average Bonchev–Trinajstić information content (AvgIpc) is 2.92. The van der Waals surface area contributed by atoms with E-state index in [0.717, 1.165) is 11.4 Å². The molecule has 3 heterocycles. The number of amides is 1. The third-order valence-corrected chi connectivity index (χ3v) is 3.91. The Morgan fingerprint density at radius 2 is 2.15 bits per heavy atom. The number of carbonyl (C=O) groups is 1. The lowest BCUT2D eigenvalue weighted by atomic mass is 10.2. The number of hydrogen-bond acceptors (Lipinski definition) is 5. The van der Waals surface area contributed by atoms with Gasteiger partial charge in [-0.05, 0) is 39.0 Å². The predicted octanol–water partition coefficient (Wildman–Crippen LogP) is 1.46. The average molecular weight is 352 g/mol. The van der Waals surface area contributed by atoms with E-state index >= 15 is 0 Å². The molecular weight excluding hydrogens is 332 g/mol. The lowest BCUT2D eigenvalue weighted by Gasteiger charge is -2.15. The minimum atomic E-state index is -0.491. The van der Waals surface area contributed by atoms with Crippen LogP contribution in [0.4, 0.5) is 0 Å². The fraction of sp³-hybridized carbons (Fsp3) is 0.278. The van der Waals surface area contributed by atoms with Gasteiger partial charge in [0.2, 0.25) is 0 Å². The van der Waals surface area contributed by atoms with E-state index in [0.29, 0.717) is 17.9 Å². The third-order valence-electron chi connectivity index (χ3n) is 3.91. The first-order chi connectivity index (χ1) is 12.4. The van der Waals surface area contributed by atoms with Gasteiger partial charge in [-0.25, -0.2) is 4.98 Å². The maximum absolute atomic E-state index is 12.4. The number of pyridine rings is 1. The zero-order valence-electron chi connectivity index (χ0n) is 14.9. The number of aromatic amines is 1. The summed E-state index contributed by atoms with van der Waals surface area (Å²) in [6.07, 6.45) is 4.51. The highest BCUT2D eigenvalue weighted by Crippen LogP contribution is 2.10. The second kappa shape index (κ2) is 7.30. The SMILES string of the molecule is Cc1cc(C)n(C[C@H](C)NC(=O)c2cnc(-c3cccnc3)[nH]c2=O)n1. The molecule has 3 aromatic heterocycles. The zero-order chi connectivity index (χ0) is 18.7. The third kappa shape index (κ3) is 3.85. The van der Waals surface area contributed by atoms with E-state index in [1.165, 1.54) is 6.20 Å². The molecule has 3 aromatic rings. The minimum absolute atomic E-state index is 0.0298. The van der Waals surface area contributed by atoms with Gasteiger partial charge in [0.25, 0.3) is 11.5 Å². The van der Waals surface area contributed by atoms with Crippen molar-refractivity contribution in [2.24, 2.45) is 0 Å². The van der Waals surface area contributed by atoms with Crippen LogP contribution in [-0.2, 0) is 6.54 Å². The van der Waals surface area contributed by atoms with Crippen LogP contribution in [0, 0.1) is 13.8 Å². The van der Waals surface area contributed by atoms with Gasteiger partial charge in [-0.1, -0.05) is 0 Å². The highest BCUT2D eigenvalue weighted by atomic mass is 16.2. The topological polar surface area (TPSA) is 106 Å². The fourth-order valence-corrected chi connectivity index (χ4v) is 2.67. The molecule has 2 N–H and O–H groups in total. The number of nitrogens with zero attached hydrogens (tertiary/aromatic N) is 4. The van der Waals surface area contributed by atoms with Crippen LogP contribution in [0.15, 0.2) is 41.6 Å². The van der Waals surface area contributed by atoms with Gasteiger partial charge in [0.1, 0.15) is 11.4 Å². The van der Waals surface area contributed by atoms with Crippen molar-refractivity contribution in [3.05, 3.63) is 64.1 Å². The number of aromatic nitrogens is 5. The summed E-state index contributed by atoms with van der Waals surface area (Å²) in [5.41, 5.74) is 2.10. The van der Waals surface area contributed by atoms with Crippen molar-refractivity contribution in [1.29, 1.82) is 0 Å². The summed E-state index contributed by atoms with van der Waals surface area (Å²) in [5, 5.41) is 7.18. The van der Waals surface area contributed by atoms with E-state index in [-0.39, 0.29) is 11.6 Å². The fourth-order valence-electron chi connectivity index (χ4n) is 2.67. The first-order valence-corrected chi connectivity index (χ1v) is 8.25. The van der Waals surface area contributed by atoms with E-state index < -0.39 is 11.5 Å². The first-order valence-electron chi connectivity index (χ1n) is 8.25. The van der Waals surface area contributed by atoms with Crippen LogP contribution >= 0.6 is 0 Å². The molecule has 0 saturated heterocycles. The second-order valence-electron chi connectivity index (χ2n) is 6.20. The van der Waals surface area contributed by atoms with E-state index in [4.69, 9.17) is 0 Å². The molecule has 134 valence electrons. The number of aryl methyl sites for hydroxylation is 2. The second-order valence-corrected chi connectivity index (χ2v) is 6.20. The van der Waals surface area contributed by atoms with Crippen LogP contribution in [-0.4, -0.2) is 36.7 Å². The van der Waals surface area contributed by atoms with E-state index in [9.17, 15) is 9.59 Å². The van der Waals surface area contributed by atoms with Crippen molar-refractivity contribution >= 4 is 5.91 Å². The lowest BCUT2D eigenvalue weighted by Crippen LogP contribution is -2.38. The van der Waals surface area contributed by atoms with Gasteiger partial charge in [-0.3, -0.25) is 19.3 Å². The summed E-state index contributed by atoms with van der Waals surface area (Å²) in [5.74, 6) is -0.0964. The van der Waals surface area contributed by atoms with Crippen molar-refractivity contribution in [2.75, 3.05) is 0 Å². The Hall–Kier alpha value is -3.29. The van der Waals surface area contributed by atoms with Crippen molar-refractivity contribution in [3.8, 4) is 11.4 Å². The predicted molar refractivity (Wildman–Crippen MR) is 96.7 cm³/mol. The van der Waals surface area contributed by atoms with Crippen molar-refractivity contribution in [1.82, 2.24) is 30.0 Å².